The average Bonchev–Trinajstić information content (AvgIpc) is 3.27. The lowest BCUT2D eigenvalue weighted by molar-refractivity contribution is -0.462. The molecule has 3 aliphatic rings. The molecule has 1 aliphatic heterocycles. The molecular weight excluding hydrogens is 518 g/mol. The molecule has 0 saturated heterocycles. The van der Waals surface area contributed by atoms with E-state index in [0.29, 0.717) is 24.0 Å². The molecule has 0 spiro atoms. The average molecular weight is 551 g/mol. The lowest BCUT2D eigenvalue weighted by atomic mass is 9.76. The van der Waals surface area contributed by atoms with E-state index in [9.17, 15) is 24.3 Å². The molecule has 0 unspecified atom stereocenters. The molecule has 2 aromatic carbocycles. The molecule has 0 aromatic heterocycles. The molecule has 208 valence electrons. The van der Waals surface area contributed by atoms with E-state index in [-0.39, 0.29) is 36.1 Å². The Bertz CT molecular complexity index is 1650. The summed E-state index contributed by atoms with van der Waals surface area (Å²) in [5.41, 5.74) is 7.88. The van der Waals surface area contributed by atoms with Crippen molar-refractivity contribution in [3.05, 3.63) is 106 Å². The van der Waals surface area contributed by atoms with E-state index in [2.05, 4.69) is 12.1 Å². The van der Waals surface area contributed by atoms with Crippen LogP contribution in [0.5, 0.6) is 0 Å². The number of allylic oxidation sites excluding steroid dienone is 5. The number of rotatable bonds is 8. The maximum absolute atomic E-state index is 13.3. The summed E-state index contributed by atoms with van der Waals surface area (Å²) in [7, 11) is 7.93. The van der Waals surface area contributed by atoms with Crippen LogP contribution >= 0.6 is 0 Å². The highest BCUT2D eigenvalue weighted by Gasteiger charge is 2.29. The van der Waals surface area contributed by atoms with Gasteiger partial charge in [0.15, 0.2) is 11.5 Å². The number of hydrogen-bond donors (Lipinski definition) is 1. The molecule has 8 nitrogen and oxygen atoms in total. The third-order valence-corrected chi connectivity index (χ3v) is 7.66. The Kier molecular flexibility index (Phi) is 7.41. The predicted octanol–water partition coefficient (Wildman–Crippen LogP) is 3.91. The van der Waals surface area contributed by atoms with Gasteiger partial charge in [-0.2, -0.15) is 0 Å². The fourth-order valence-electron chi connectivity index (χ4n) is 5.44. The molecule has 2 aliphatic carbocycles. The summed E-state index contributed by atoms with van der Waals surface area (Å²) >= 11 is 0. The van der Waals surface area contributed by atoms with E-state index in [1.807, 2.05) is 62.0 Å². The number of imide groups is 1. The number of hydrogen-bond acceptors (Lipinski definition) is 5. The quantitative estimate of drug-likeness (QED) is 0.304. The SMILES string of the molecule is CN(C)c1ccc2c(c1)CC1=CC(=[N+](C)C)C=CC1=C2c1cc(C(=O)CCCN2C(=O)C=CC2=O)ccc1C(=O)O. The molecule has 1 heterocycles. The van der Waals surface area contributed by atoms with Gasteiger partial charge in [-0.1, -0.05) is 12.1 Å². The Morgan fingerprint density at radius 2 is 1.68 bits per heavy atom. The Labute approximate surface area is 238 Å². The standard InChI is InChI=1S/C33H31N3O5/c1-34(2)23-8-11-25-21(17-23)16-22-18-24(35(3)4)9-12-26(22)32(25)28-19-20(7-10-27(28)33(40)41)29(37)6-5-15-36-30(38)13-14-31(36)39/h7-14,17-19H,5-6,15-16H2,1-4H3/p+1. The van der Waals surface area contributed by atoms with Crippen LogP contribution in [0, 0.1) is 0 Å². The number of fused-ring (bicyclic) bond motifs is 2. The second-order valence-electron chi connectivity index (χ2n) is 10.8. The van der Waals surface area contributed by atoms with Crippen molar-refractivity contribution in [1.82, 2.24) is 4.90 Å². The number of Topliss-reactive ketones (excluding diaryl/α,β-unsaturated/α-hetero) is 1. The summed E-state index contributed by atoms with van der Waals surface area (Å²) in [5, 5.41) is 10.2. The highest BCUT2D eigenvalue weighted by Crippen LogP contribution is 2.43. The maximum Gasteiger partial charge on any atom is 0.336 e. The Hall–Kier alpha value is -4.85. The largest absolute Gasteiger partial charge is 0.478 e. The minimum absolute atomic E-state index is 0.114. The number of nitrogens with zero attached hydrogens (tertiary/aromatic N) is 3. The molecule has 0 bridgehead atoms. The van der Waals surface area contributed by atoms with Gasteiger partial charge >= 0.3 is 5.97 Å². The third kappa shape index (κ3) is 5.33. The summed E-state index contributed by atoms with van der Waals surface area (Å²) in [6, 6.07) is 10.9. The minimum Gasteiger partial charge on any atom is -0.478 e. The van der Waals surface area contributed by atoms with Crippen LogP contribution in [0.25, 0.3) is 5.57 Å². The van der Waals surface area contributed by atoms with E-state index in [1.54, 1.807) is 12.1 Å². The third-order valence-electron chi connectivity index (χ3n) is 7.66. The van der Waals surface area contributed by atoms with Crippen molar-refractivity contribution in [2.45, 2.75) is 19.3 Å². The van der Waals surface area contributed by atoms with Gasteiger partial charge in [0.2, 0.25) is 0 Å². The van der Waals surface area contributed by atoms with E-state index < -0.39 is 5.97 Å². The molecule has 41 heavy (non-hydrogen) atoms. The van der Waals surface area contributed by atoms with Gasteiger partial charge in [0.25, 0.3) is 11.8 Å². The summed E-state index contributed by atoms with van der Waals surface area (Å²) in [6.45, 7) is 0.150. The number of aromatic carboxylic acids is 1. The van der Waals surface area contributed by atoms with E-state index in [1.165, 1.54) is 18.2 Å². The Morgan fingerprint density at radius 1 is 0.951 bits per heavy atom. The van der Waals surface area contributed by atoms with Gasteiger partial charge in [0, 0.05) is 62.6 Å². The summed E-state index contributed by atoms with van der Waals surface area (Å²) in [5.74, 6) is -2.01. The fraction of sp³-hybridized carbons (Fsp3) is 0.242. The second-order valence-corrected chi connectivity index (χ2v) is 10.8. The zero-order chi connectivity index (χ0) is 29.4. The normalized spacial score (nSPS) is 15.7. The molecule has 2 amide bonds. The van der Waals surface area contributed by atoms with Crippen LogP contribution in [0.1, 0.15) is 50.2 Å². The molecule has 0 fully saturated rings. The smallest absolute Gasteiger partial charge is 0.336 e. The first-order valence-electron chi connectivity index (χ1n) is 13.5. The summed E-state index contributed by atoms with van der Waals surface area (Å²) < 4.78 is 2.03. The second kappa shape index (κ2) is 11.0. The first kappa shape index (κ1) is 27.7. The van der Waals surface area contributed by atoms with Crippen LogP contribution in [0.2, 0.25) is 0 Å². The van der Waals surface area contributed by atoms with Gasteiger partial charge in [0.05, 0.1) is 5.56 Å². The molecule has 1 N–H and O–H groups in total. The van der Waals surface area contributed by atoms with E-state index in [4.69, 9.17) is 0 Å². The number of carboxylic acid groups (broad SMARTS) is 1. The van der Waals surface area contributed by atoms with Crippen LogP contribution in [0.3, 0.4) is 0 Å². The monoisotopic (exact) mass is 550 g/mol. The van der Waals surface area contributed by atoms with Gasteiger partial charge < -0.3 is 10.0 Å². The first-order chi connectivity index (χ1) is 19.5. The van der Waals surface area contributed by atoms with Gasteiger partial charge in [0.1, 0.15) is 14.1 Å². The van der Waals surface area contributed by atoms with Gasteiger partial charge in [-0.05, 0) is 76.6 Å². The first-order valence-corrected chi connectivity index (χ1v) is 13.5. The maximum atomic E-state index is 13.3. The van der Waals surface area contributed by atoms with Crippen molar-refractivity contribution in [3.8, 4) is 0 Å². The summed E-state index contributed by atoms with van der Waals surface area (Å²) in [6.07, 6.45) is 9.75. The topological polar surface area (TPSA) is 98.0 Å². The van der Waals surface area contributed by atoms with E-state index in [0.717, 1.165) is 44.1 Å². The zero-order valence-corrected chi connectivity index (χ0v) is 23.6. The molecular formula is C33H32N3O5+. The number of ketones is 1. The minimum atomic E-state index is -1.08. The molecule has 5 rings (SSSR count). The summed E-state index contributed by atoms with van der Waals surface area (Å²) in [4.78, 5) is 52.5. The molecule has 8 heteroatoms. The van der Waals surface area contributed by atoms with Crippen LogP contribution < -0.4 is 4.90 Å². The number of carbonyl (C=O) groups excluding carboxylic acids is 3. The number of anilines is 1. The number of benzene rings is 2. The lowest BCUT2D eigenvalue weighted by Gasteiger charge is -2.28. The lowest BCUT2D eigenvalue weighted by Crippen LogP contribution is -2.31. The van der Waals surface area contributed by atoms with Crippen molar-refractivity contribution in [2.75, 3.05) is 39.6 Å². The number of amides is 2. The van der Waals surface area contributed by atoms with Crippen LogP contribution in [0.15, 0.2) is 77.9 Å². The van der Waals surface area contributed by atoms with Crippen molar-refractivity contribution in [2.24, 2.45) is 0 Å². The predicted molar refractivity (Wildman–Crippen MR) is 158 cm³/mol. The highest BCUT2D eigenvalue weighted by atomic mass is 16.4. The molecule has 0 radical (unpaired) electrons. The highest BCUT2D eigenvalue weighted by molar-refractivity contribution is 6.13. The van der Waals surface area contributed by atoms with Crippen LogP contribution in [-0.4, -0.2) is 78.6 Å². The van der Waals surface area contributed by atoms with Gasteiger partial charge in [-0.25, -0.2) is 9.37 Å². The van der Waals surface area contributed by atoms with Crippen LogP contribution in [-0.2, 0) is 16.0 Å². The number of carboxylic acids is 1. The van der Waals surface area contributed by atoms with Crippen molar-refractivity contribution < 1.29 is 28.9 Å². The van der Waals surface area contributed by atoms with E-state index >= 15 is 0 Å². The molecule has 0 saturated carbocycles. The van der Waals surface area contributed by atoms with Crippen LogP contribution in [0.4, 0.5) is 5.69 Å². The Morgan fingerprint density at radius 3 is 2.34 bits per heavy atom. The number of carbonyl (C=O) groups is 4. The van der Waals surface area contributed by atoms with Gasteiger partial charge in [-0.15, -0.1) is 0 Å². The fourth-order valence-corrected chi connectivity index (χ4v) is 5.44. The van der Waals surface area contributed by atoms with Gasteiger partial charge in [-0.3, -0.25) is 19.3 Å². The zero-order valence-electron chi connectivity index (χ0n) is 23.6. The molecule has 0 atom stereocenters. The van der Waals surface area contributed by atoms with Crippen molar-refractivity contribution in [1.29, 1.82) is 0 Å². The Balaban J connectivity index is 1.58. The molecule has 2 aromatic rings. The van der Waals surface area contributed by atoms with Crippen molar-refractivity contribution in [3.63, 3.8) is 0 Å². The van der Waals surface area contributed by atoms with Crippen molar-refractivity contribution >= 4 is 40.5 Å².